The Kier molecular flexibility index (Phi) is 15.3. The average molecular weight is 228 g/mol. The Bertz CT molecular complexity index is 160. The molecule has 0 saturated carbocycles. The zero-order valence-electron chi connectivity index (χ0n) is 10.2. The van der Waals surface area contributed by atoms with Crippen LogP contribution in [0.4, 0.5) is 0 Å². The normalized spacial score (nSPS) is 10.6. The van der Waals surface area contributed by atoms with Gasteiger partial charge >= 0.3 is 0 Å². The maximum Gasteiger partial charge on any atom is 0.0650 e. The van der Waals surface area contributed by atoms with Crippen LogP contribution in [0.25, 0.3) is 0 Å². The molecule has 0 saturated heterocycles. The second kappa shape index (κ2) is 13.5. The number of rotatable bonds is 2. The molecule has 0 unspecified atom stereocenters. The molecule has 0 radical (unpaired) electrons. The molecule has 15 heavy (non-hydrogen) atoms. The third-order valence-electron chi connectivity index (χ3n) is 1.62. The number of benzene rings is 1. The van der Waals surface area contributed by atoms with Gasteiger partial charge in [-0.1, -0.05) is 64.1 Å². The van der Waals surface area contributed by atoms with Gasteiger partial charge in [-0.25, -0.2) is 0 Å². The minimum atomic E-state index is -0.233. The Morgan fingerprint density at radius 1 is 0.933 bits per heavy atom. The lowest BCUT2D eigenvalue weighted by atomic mass is 10.1. The monoisotopic (exact) mass is 228 g/mol. The fourth-order valence-electron chi connectivity index (χ4n) is 0.596. The van der Waals surface area contributed by atoms with Crippen molar-refractivity contribution in [3.05, 3.63) is 36.4 Å². The number of aliphatic hydroxyl groups excluding tert-OH is 1. The van der Waals surface area contributed by atoms with Crippen molar-refractivity contribution in [2.45, 2.75) is 33.8 Å². The van der Waals surface area contributed by atoms with Crippen LogP contribution in [0, 0.1) is 5.92 Å². The number of hydrogen-bond donors (Lipinski definition) is 2. The first-order valence-corrected chi connectivity index (χ1v) is 6.10. The molecule has 2 heteroatoms. The Hall–Kier alpha value is -0.470. The van der Waals surface area contributed by atoms with Crippen molar-refractivity contribution in [1.29, 1.82) is 0 Å². The van der Waals surface area contributed by atoms with Crippen molar-refractivity contribution in [1.82, 2.24) is 0 Å². The van der Waals surface area contributed by atoms with Crippen LogP contribution in [0.1, 0.15) is 27.7 Å². The first kappa shape index (κ1) is 16.9. The van der Waals surface area contributed by atoms with Crippen LogP contribution >= 0.6 is 12.6 Å². The van der Waals surface area contributed by atoms with Gasteiger partial charge in [0.05, 0.1) is 6.10 Å². The van der Waals surface area contributed by atoms with E-state index in [1.165, 1.54) is 0 Å². The predicted octanol–water partition coefficient (Wildman–Crippen LogP) is 3.65. The van der Waals surface area contributed by atoms with E-state index >= 15 is 0 Å². The Labute approximate surface area is 99.9 Å². The fourth-order valence-corrected chi connectivity index (χ4v) is 1.02. The van der Waals surface area contributed by atoms with Gasteiger partial charge in [-0.2, -0.15) is 12.6 Å². The lowest BCUT2D eigenvalue weighted by molar-refractivity contribution is 0.149. The standard InChI is InChI=1S/C6H6.C5H12OS.C2H6/c1-2-4-6-5-3-1;1-4(2)5(6)3-7;1-2/h1-6H;4-7H,3H2,1-2H3;1-2H3/t;5-;/m.1./s1. The number of aliphatic hydroxyl groups is 1. The maximum atomic E-state index is 8.86. The van der Waals surface area contributed by atoms with E-state index in [9.17, 15) is 0 Å². The first-order chi connectivity index (χ1) is 7.18. The summed E-state index contributed by atoms with van der Waals surface area (Å²) in [5, 5.41) is 8.86. The van der Waals surface area contributed by atoms with Crippen LogP contribution < -0.4 is 0 Å². The van der Waals surface area contributed by atoms with Gasteiger partial charge in [0.2, 0.25) is 0 Å². The van der Waals surface area contributed by atoms with Crippen molar-refractivity contribution < 1.29 is 5.11 Å². The molecule has 0 amide bonds. The topological polar surface area (TPSA) is 20.2 Å². The van der Waals surface area contributed by atoms with Crippen LogP contribution in [-0.4, -0.2) is 17.0 Å². The molecular weight excluding hydrogens is 204 g/mol. The van der Waals surface area contributed by atoms with Gasteiger partial charge in [-0.3, -0.25) is 0 Å². The molecule has 1 rings (SSSR count). The fraction of sp³-hybridized carbons (Fsp3) is 0.538. The van der Waals surface area contributed by atoms with E-state index in [0.717, 1.165) is 0 Å². The van der Waals surface area contributed by atoms with E-state index in [0.29, 0.717) is 11.7 Å². The van der Waals surface area contributed by atoms with E-state index in [1.54, 1.807) is 0 Å². The van der Waals surface area contributed by atoms with Gasteiger partial charge < -0.3 is 5.11 Å². The van der Waals surface area contributed by atoms with Crippen molar-refractivity contribution in [2.75, 3.05) is 5.75 Å². The second-order valence-corrected chi connectivity index (χ2v) is 3.51. The molecule has 1 nitrogen and oxygen atoms in total. The van der Waals surface area contributed by atoms with Crippen LogP contribution in [-0.2, 0) is 0 Å². The van der Waals surface area contributed by atoms with E-state index in [4.69, 9.17) is 5.11 Å². The quantitative estimate of drug-likeness (QED) is 0.740. The highest BCUT2D eigenvalue weighted by Gasteiger charge is 2.03. The molecule has 1 atom stereocenters. The van der Waals surface area contributed by atoms with Crippen LogP contribution in [0.15, 0.2) is 36.4 Å². The van der Waals surface area contributed by atoms with E-state index in [-0.39, 0.29) is 6.10 Å². The molecule has 1 aromatic rings. The summed E-state index contributed by atoms with van der Waals surface area (Å²) < 4.78 is 0. The summed E-state index contributed by atoms with van der Waals surface area (Å²) in [6.45, 7) is 7.95. The molecule has 1 aromatic carbocycles. The molecule has 0 aliphatic heterocycles. The zero-order valence-corrected chi connectivity index (χ0v) is 11.1. The second-order valence-electron chi connectivity index (χ2n) is 3.15. The van der Waals surface area contributed by atoms with Crippen molar-refractivity contribution in [3.8, 4) is 0 Å². The Balaban J connectivity index is 0. The summed E-state index contributed by atoms with van der Waals surface area (Å²) in [5.41, 5.74) is 0. The third-order valence-corrected chi connectivity index (χ3v) is 2.00. The lowest BCUT2D eigenvalue weighted by Crippen LogP contribution is -2.15. The van der Waals surface area contributed by atoms with Crippen LogP contribution in [0.5, 0.6) is 0 Å². The summed E-state index contributed by atoms with van der Waals surface area (Å²) in [5.74, 6) is 0.912. The van der Waals surface area contributed by atoms with Crippen LogP contribution in [0.2, 0.25) is 0 Å². The maximum absolute atomic E-state index is 8.86. The highest BCUT2D eigenvalue weighted by molar-refractivity contribution is 7.80. The van der Waals surface area contributed by atoms with Gasteiger partial charge in [-0.05, 0) is 5.92 Å². The summed E-state index contributed by atoms with van der Waals surface area (Å²) in [7, 11) is 0. The largest absolute Gasteiger partial charge is 0.392 e. The van der Waals surface area contributed by atoms with Gasteiger partial charge in [0, 0.05) is 5.75 Å². The highest BCUT2D eigenvalue weighted by Crippen LogP contribution is 2.00. The summed E-state index contributed by atoms with van der Waals surface area (Å²) >= 11 is 3.90. The third kappa shape index (κ3) is 13.5. The molecule has 0 spiro atoms. The molecule has 1 N–H and O–H groups in total. The van der Waals surface area contributed by atoms with Gasteiger partial charge in [0.15, 0.2) is 0 Å². The summed E-state index contributed by atoms with van der Waals surface area (Å²) in [4.78, 5) is 0. The SMILES string of the molecule is CC.CC(C)[C@H](O)CS.c1ccccc1. The predicted molar refractivity (Wildman–Crippen MR) is 72.5 cm³/mol. The Morgan fingerprint density at radius 3 is 1.27 bits per heavy atom. The molecule has 0 fully saturated rings. The lowest BCUT2D eigenvalue weighted by Gasteiger charge is -2.08. The minimum Gasteiger partial charge on any atom is -0.392 e. The highest BCUT2D eigenvalue weighted by atomic mass is 32.1. The minimum absolute atomic E-state index is 0.233. The Morgan fingerprint density at radius 2 is 1.20 bits per heavy atom. The zero-order chi connectivity index (χ0) is 12.1. The van der Waals surface area contributed by atoms with Crippen LogP contribution in [0.3, 0.4) is 0 Å². The van der Waals surface area contributed by atoms with Crippen molar-refractivity contribution in [3.63, 3.8) is 0 Å². The molecule has 88 valence electrons. The molecule has 0 aromatic heterocycles. The molecule has 0 aliphatic carbocycles. The number of hydrogen-bond acceptors (Lipinski definition) is 2. The van der Waals surface area contributed by atoms with Gasteiger partial charge in [-0.15, -0.1) is 0 Å². The molecule has 0 heterocycles. The van der Waals surface area contributed by atoms with Crippen molar-refractivity contribution >= 4 is 12.6 Å². The molecular formula is C13H24OS. The average Bonchev–Trinajstić information content (AvgIpc) is 2.33. The van der Waals surface area contributed by atoms with E-state index in [2.05, 4.69) is 12.6 Å². The van der Waals surface area contributed by atoms with Gasteiger partial charge in [0.25, 0.3) is 0 Å². The van der Waals surface area contributed by atoms with Crippen molar-refractivity contribution in [2.24, 2.45) is 5.92 Å². The molecule has 0 aliphatic rings. The first-order valence-electron chi connectivity index (χ1n) is 5.47. The molecule has 0 bridgehead atoms. The van der Waals surface area contributed by atoms with Gasteiger partial charge in [0.1, 0.15) is 0 Å². The number of thiol groups is 1. The summed E-state index contributed by atoms with van der Waals surface area (Å²) in [6, 6.07) is 12.0. The summed E-state index contributed by atoms with van der Waals surface area (Å²) in [6.07, 6.45) is -0.233. The van der Waals surface area contributed by atoms with E-state index < -0.39 is 0 Å². The van der Waals surface area contributed by atoms with E-state index in [1.807, 2.05) is 64.1 Å². The smallest absolute Gasteiger partial charge is 0.0650 e.